The largest absolute Gasteiger partial charge is 0.369 e. The summed E-state index contributed by atoms with van der Waals surface area (Å²) in [6, 6.07) is 14.8. The number of aromatic nitrogens is 1. The smallest absolute Gasteiger partial charge is 0.208 e. The lowest BCUT2D eigenvalue weighted by Crippen LogP contribution is -2.43. The Morgan fingerprint density at radius 2 is 1.64 bits per heavy atom. The van der Waals surface area contributed by atoms with Gasteiger partial charge < -0.3 is 14.8 Å². The van der Waals surface area contributed by atoms with Crippen molar-refractivity contribution in [2.24, 2.45) is 7.05 Å². The van der Waals surface area contributed by atoms with Gasteiger partial charge in [0, 0.05) is 56.0 Å². The predicted octanol–water partition coefficient (Wildman–Crippen LogP) is 2.42. The quantitative estimate of drug-likeness (QED) is 0.784. The van der Waals surface area contributed by atoms with E-state index >= 15 is 0 Å². The molecule has 1 aliphatic heterocycles. The topological polar surface area (TPSA) is 54.3 Å². The van der Waals surface area contributed by atoms with Crippen LogP contribution in [0, 0.1) is 0 Å². The number of nitrogens with one attached hydrogen (secondary N) is 1. The predicted molar refractivity (Wildman–Crippen MR) is 99.9 cm³/mol. The average molecular weight is 355 g/mol. The van der Waals surface area contributed by atoms with E-state index in [9.17, 15) is 8.42 Å². The standard InChI is InChI=1S/C19H21N3O2S/c1-21-14-19(17-4-2-3-5-18(17)21)25(23,24)16-8-6-15(7-9-16)22-12-10-20-11-13-22/h2-9,14,20H,10-13H2,1H3. The molecule has 1 aromatic heterocycles. The highest BCUT2D eigenvalue weighted by atomic mass is 32.2. The van der Waals surface area contributed by atoms with Gasteiger partial charge in [-0.1, -0.05) is 18.2 Å². The summed E-state index contributed by atoms with van der Waals surface area (Å²) in [5, 5.41) is 4.08. The molecule has 1 aliphatic rings. The third kappa shape index (κ3) is 2.81. The Labute approximate surface area is 147 Å². The zero-order valence-corrected chi connectivity index (χ0v) is 15.0. The van der Waals surface area contributed by atoms with Gasteiger partial charge in [-0.3, -0.25) is 0 Å². The molecule has 6 heteroatoms. The molecule has 4 rings (SSSR count). The van der Waals surface area contributed by atoms with Gasteiger partial charge in [0.15, 0.2) is 0 Å². The molecule has 0 saturated carbocycles. The van der Waals surface area contributed by atoms with Gasteiger partial charge in [0.25, 0.3) is 0 Å². The van der Waals surface area contributed by atoms with Crippen molar-refractivity contribution in [3.8, 4) is 0 Å². The van der Waals surface area contributed by atoms with Gasteiger partial charge >= 0.3 is 0 Å². The molecule has 0 bridgehead atoms. The number of rotatable bonds is 3. The number of fused-ring (bicyclic) bond motifs is 1. The molecule has 25 heavy (non-hydrogen) atoms. The Morgan fingerprint density at radius 3 is 2.36 bits per heavy atom. The Balaban J connectivity index is 1.72. The third-order valence-electron chi connectivity index (χ3n) is 4.78. The molecule has 0 spiro atoms. The number of sulfone groups is 1. The molecular formula is C19H21N3O2S. The van der Waals surface area contributed by atoms with Crippen molar-refractivity contribution in [1.29, 1.82) is 0 Å². The van der Waals surface area contributed by atoms with Crippen LogP contribution >= 0.6 is 0 Å². The summed E-state index contributed by atoms with van der Waals surface area (Å²) < 4.78 is 28.1. The van der Waals surface area contributed by atoms with Crippen LogP contribution in [0.15, 0.2) is 64.5 Å². The van der Waals surface area contributed by atoms with Gasteiger partial charge in [0.2, 0.25) is 9.84 Å². The summed E-state index contributed by atoms with van der Waals surface area (Å²) in [5.41, 5.74) is 1.98. The minimum atomic E-state index is -3.54. The average Bonchev–Trinajstić information content (AvgIpc) is 3.01. The summed E-state index contributed by atoms with van der Waals surface area (Å²) in [6.07, 6.45) is 1.70. The lowest BCUT2D eigenvalue weighted by molar-refractivity contribution is 0.588. The highest BCUT2D eigenvalue weighted by Gasteiger charge is 2.23. The molecular weight excluding hydrogens is 334 g/mol. The van der Waals surface area contributed by atoms with Crippen molar-refractivity contribution in [2.75, 3.05) is 31.1 Å². The molecule has 2 heterocycles. The maximum atomic E-state index is 13.1. The highest BCUT2D eigenvalue weighted by Crippen LogP contribution is 2.30. The van der Waals surface area contributed by atoms with Crippen LogP contribution < -0.4 is 10.2 Å². The first-order chi connectivity index (χ1) is 12.1. The third-order valence-corrected chi connectivity index (χ3v) is 6.58. The minimum absolute atomic E-state index is 0.336. The van der Waals surface area contributed by atoms with Gasteiger partial charge in [-0.05, 0) is 30.3 Å². The van der Waals surface area contributed by atoms with Crippen LogP contribution in [-0.4, -0.2) is 39.2 Å². The highest BCUT2D eigenvalue weighted by molar-refractivity contribution is 7.91. The molecule has 0 amide bonds. The molecule has 1 fully saturated rings. The Kier molecular flexibility index (Phi) is 4.01. The van der Waals surface area contributed by atoms with Crippen molar-refractivity contribution in [3.63, 3.8) is 0 Å². The number of nitrogens with zero attached hydrogens (tertiary/aromatic N) is 2. The Hall–Kier alpha value is -2.31. The van der Waals surface area contributed by atoms with E-state index in [2.05, 4.69) is 10.2 Å². The van der Waals surface area contributed by atoms with E-state index < -0.39 is 9.84 Å². The van der Waals surface area contributed by atoms with E-state index in [1.165, 1.54) is 0 Å². The molecule has 130 valence electrons. The summed E-state index contributed by atoms with van der Waals surface area (Å²) in [6.45, 7) is 3.79. The van der Waals surface area contributed by atoms with Crippen molar-refractivity contribution in [1.82, 2.24) is 9.88 Å². The lowest BCUT2D eigenvalue weighted by Gasteiger charge is -2.29. The van der Waals surface area contributed by atoms with E-state index in [1.54, 1.807) is 18.3 Å². The number of aryl methyl sites for hydroxylation is 1. The van der Waals surface area contributed by atoms with Crippen LogP contribution in [0.4, 0.5) is 5.69 Å². The fourth-order valence-corrected chi connectivity index (χ4v) is 4.91. The number of hydrogen-bond donors (Lipinski definition) is 1. The van der Waals surface area contributed by atoms with E-state index in [0.717, 1.165) is 42.8 Å². The number of para-hydroxylation sites is 1. The number of anilines is 1. The van der Waals surface area contributed by atoms with Crippen LogP contribution in [0.1, 0.15) is 0 Å². The second-order valence-electron chi connectivity index (χ2n) is 6.36. The fraction of sp³-hybridized carbons (Fsp3) is 0.263. The first-order valence-corrected chi connectivity index (χ1v) is 9.90. The summed E-state index contributed by atoms with van der Waals surface area (Å²) in [7, 11) is -1.67. The SMILES string of the molecule is Cn1cc(S(=O)(=O)c2ccc(N3CCNCC3)cc2)c2ccccc21. The summed E-state index contributed by atoms with van der Waals surface area (Å²) in [5.74, 6) is 0. The van der Waals surface area contributed by atoms with Gasteiger partial charge in [-0.15, -0.1) is 0 Å². The van der Waals surface area contributed by atoms with Crippen molar-refractivity contribution in [3.05, 3.63) is 54.7 Å². The molecule has 0 aliphatic carbocycles. The minimum Gasteiger partial charge on any atom is -0.369 e. The summed E-state index contributed by atoms with van der Waals surface area (Å²) in [4.78, 5) is 2.97. The first-order valence-electron chi connectivity index (χ1n) is 8.42. The first kappa shape index (κ1) is 16.2. The maximum Gasteiger partial charge on any atom is 0.208 e. The zero-order chi connectivity index (χ0) is 17.4. The van der Waals surface area contributed by atoms with Crippen molar-refractivity contribution < 1.29 is 8.42 Å². The van der Waals surface area contributed by atoms with Crippen LogP contribution in [0.5, 0.6) is 0 Å². The second kappa shape index (κ2) is 6.20. The molecule has 1 N–H and O–H groups in total. The number of benzene rings is 2. The van der Waals surface area contributed by atoms with Crippen LogP contribution in [0.2, 0.25) is 0 Å². The monoisotopic (exact) mass is 355 g/mol. The molecule has 0 radical (unpaired) electrons. The molecule has 3 aromatic rings. The van der Waals surface area contributed by atoms with Crippen LogP contribution in [-0.2, 0) is 16.9 Å². The summed E-state index contributed by atoms with van der Waals surface area (Å²) >= 11 is 0. The maximum absolute atomic E-state index is 13.1. The fourth-order valence-electron chi connectivity index (χ4n) is 3.40. The number of piperazine rings is 1. The molecule has 2 aromatic carbocycles. The van der Waals surface area contributed by atoms with E-state index in [-0.39, 0.29) is 0 Å². The van der Waals surface area contributed by atoms with Gasteiger partial charge in [0.05, 0.1) is 9.79 Å². The van der Waals surface area contributed by atoms with Gasteiger partial charge in [-0.2, -0.15) is 0 Å². The molecule has 5 nitrogen and oxygen atoms in total. The van der Waals surface area contributed by atoms with E-state index in [4.69, 9.17) is 0 Å². The Morgan fingerprint density at radius 1 is 0.960 bits per heavy atom. The zero-order valence-electron chi connectivity index (χ0n) is 14.1. The van der Waals surface area contributed by atoms with Crippen LogP contribution in [0.3, 0.4) is 0 Å². The van der Waals surface area contributed by atoms with Gasteiger partial charge in [-0.25, -0.2) is 8.42 Å². The van der Waals surface area contributed by atoms with Crippen molar-refractivity contribution in [2.45, 2.75) is 9.79 Å². The Bertz CT molecular complexity index is 1000. The molecule has 0 unspecified atom stereocenters. The second-order valence-corrected chi connectivity index (χ2v) is 8.27. The lowest BCUT2D eigenvalue weighted by atomic mass is 10.2. The van der Waals surface area contributed by atoms with Crippen LogP contribution in [0.25, 0.3) is 10.9 Å². The molecule has 0 atom stereocenters. The van der Waals surface area contributed by atoms with E-state index in [0.29, 0.717) is 9.79 Å². The number of hydrogen-bond acceptors (Lipinski definition) is 4. The van der Waals surface area contributed by atoms with Gasteiger partial charge in [0.1, 0.15) is 0 Å². The van der Waals surface area contributed by atoms with Crippen molar-refractivity contribution >= 4 is 26.4 Å². The van der Waals surface area contributed by atoms with E-state index in [1.807, 2.05) is 48.0 Å². The normalized spacial score (nSPS) is 15.6. The molecule has 1 saturated heterocycles.